The zero-order valence-electron chi connectivity index (χ0n) is 10.2. The minimum absolute atomic E-state index is 0.195. The average Bonchev–Trinajstić information content (AvgIpc) is 2.98. The lowest BCUT2D eigenvalue weighted by molar-refractivity contribution is 0.432. The second kappa shape index (κ2) is 4.82. The summed E-state index contributed by atoms with van der Waals surface area (Å²) in [6.07, 6.45) is 1.52. The standard InChI is InChI=1S/C14H8N4O2/c15-7-9-2-1-3-10(6-9)14-17-13(18-20-14)11-4-5-12(19)16-8-11/h1-6,8H,(H,16,19). The molecular formula is C14H8N4O2. The number of nitrogens with zero attached hydrogens (tertiary/aromatic N) is 3. The molecule has 20 heavy (non-hydrogen) atoms. The highest BCUT2D eigenvalue weighted by molar-refractivity contribution is 5.60. The van der Waals surface area contributed by atoms with Gasteiger partial charge < -0.3 is 9.51 Å². The van der Waals surface area contributed by atoms with Gasteiger partial charge in [-0.15, -0.1) is 0 Å². The number of rotatable bonds is 2. The van der Waals surface area contributed by atoms with Gasteiger partial charge in [-0.05, 0) is 24.3 Å². The van der Waals surface area contributed by atoms with Crippen LogP contribution < -0.4 is 5.56 Å². The molecule has 6 nitrogen and oxygen atoms in total. The normalized spacial score (nSPS) is 10.2. The number of aromatic nitrogens is 3. The summed E-state index contributed by atoms with van der Waals surface area (Å²) in [6.45, 7) is 0. The fourth-order valence-electron chi connectivity index (χ4n) is 1.73. The molecule has 0 saturated carbocycles. The van der Waals surface area contributed by atoms with Crippen LogP contribution in [-0.2, 0) is 0 Å². The van der Waals surface area contributed by atoms with Gasteiger partial charge in [0.25, 0.3) is 5.89 Å². The molecule has 1 aromatic carbocycles. The first-order chi connectivity index (χ1) is 9.76. The van der Waals surface area contributed by atoms with E-state index in [1.807, 2.05) is 0 Å². The summed E-state index contributed by atoms with van der Waals surface area (Å²) in [5, 5.41) is 12.7. The first kappa shape index (κ1) is 11.9. The third-order valence-electron chi connectivity index (χ3n) is 2.71. The van der Waals surface area contributed by atoms with Gasteiger partial charge in [0.05, 0.1) is 11.6 Å². The van der Waals surface area contributed by atoms with Gasteiger partial charge in [0.2, 0.25) is 11.4 Å². The van der Waals surface area contributed by atoms with Crippen LogP contribution in [0.5, 0.6) is 0 Å². The van der Waals surface area contributed by atoms with Crippen molar-refractivity contribution in [3.8, 4) is 28.9 Å². The van der Waals surface area contributed by atoms with Crippen molar-refractivity contribution in [3.05, 3.63) is 58.5 Å². The molecule has 0 spiro atoms. The molecule has 96 valence electrons. The smallest absolute Gasteiger partial charge is 0.258 e. The second-order valence-corrected chi connectivity index (χ2v) is 4.06. The van der Waals surface area contributed by atoms with E-state index in [0.29, 0.717) is 28.4 Å². The summed E-state index contributed by atoms with van der Waals surface area (Å²) in [5.41, 5.74) is 1.65. The van der Waals surface area contributed by atoms with Crippen molar-refractivity contribution in [2.24, 2.45) is 0 Å². The maximum atomic E-state index is 11.0. The Morgan fingerprint density at radius 3 is 2.85 bits per heavy atom. The molecule has 0 amide bonds. The van der Waals surface area contributed by atoms with Crippen molar-refractivity contribution in [3.63, 3.8) is 0 Å². The van der Waals surface area contributed by atoms with Crippen LogP contribution in [0.4, 0.5) is 0 Å². The fourth-order valence-corrected chi connectivity index (χ4v) is 1.73. The van der Waals surface area contributed by atoms with Crippen molar-refractivity contribution in [1.82, 2.24) is 15.1 Å². The molecule has 2 aromatic heterocycles. The lowest BCUT2D eigenvalue weighted by Crippen LogP contribution is -2.01. The molecule has 2 heterocycles. The quantitative estimate of drug-likeness (QED) is 0.763. The Labute approximate surface area is 113 Å². The molecule has 0 aliphatic carbocycles. The molecule has 0 radical (unpaired) electrons. The van der Waals surface area contributed by atoms with Crippen LogP contribution in [0, 0.1) is 11.3 Å². The van der Waals surface area contributed by atoms with Gasteiger partial charge in [0.15, 0.2) is 0 Å². The number of nitrogens with one attached hydrogen (secondary N) is 1. The van der Waals surface area contributed by atoms with Crippen molar-refractivity contribution in [1.29, 1.82) is 5.26 Å². The molecule has 0 aliphatic rings. The molecule has 3 rings (SSSR count). The van der Waals surface area contributed by atoms with E-state index in [1.54, 1.807) is 30.3 Å². The highest BCUT2D eigenvalue weighted by Crippen LogP contribution is 2.21. The Morgan fingerprint density at radius 1 is 1.20 bits per heavy atom. The largest absolute Gasteiger partial charge is 0.334 e. The minimum Gasteiger partial charge on any atom is -0.334 e. The number of H-pyrrole nitrogens is 1. The van der Waals surface area contributed by atoms with E-state index < -0.39 is 0 Å². The minimum atomic E-state index is -0.195. The Bertz CT molecular complexity index is 837. The molecule has 0 saturated heterocycles. The monoisotopic (exact) mass is 264 g/mol. The van der Waals surface area contributed by atoms with E-state index in [1.165, 1.54) is 12.3 Å². The zero-order chi connectivity index (χ0) is 13.9. The topological polar surface area (TPSA) is 95.6 Å². The van der Waals surface area contributed by atoms with Gasteiger partial charge in [-0.25, -0.2) is 0 Å². The summed E-state index contributed by atoms with van der Waals surface area (Å²) in [4.78, 5) is 17.8. The highest BCUT2D eigenvalue weighted by atomic mass is 16.5. The molecule has 1 N–H and O–H groups in total. The van der Waals surface area contributed by atoms with Crippen LogP contribution in [0.15, 0.2) is 51.9 Å². The predicted octanol–water partition coefficient (Wildman–Crippen LogP) is 1.96. The average molecular weight is 264 g/mol. The van der Waals surface area contributed by atoms with Crippen LogP contribution in [0.3, 0.4) is 0 Å². The third-order valence-corrected chi connectivity index (χ3v) is 2.71. The Balaban J connectivity index is 1.99. The fraction of sp³-hybridized carbons (Fsp3) is 0. The van der Waals surface area contributed by atoms with Gasteiger partial charge in [0, 0.05) is 23.4 Å². The van der Waals surface area contributed by atoms with Crippen LogP contribution in [0.25, 0.3) is 22.8 Å². The molecular weight excluding hydrogens is 256 g/mol. The predicted molar refractivity (Wildman–Crippen MR) is 70.5 cm³/mol. The van der Waals surface area contributed by atoms with Gasteiger partial charge in [-0.1, -0.05) is 11.2 Å². The van der Waals surface area contributed by atoms with Gasteiger partial charge in [-0.3, -0.25) is 4.79 Å². The lowest BCUT2D eigenvalue weighted by Gasteiger charge is -1.94. The van der Waals surface area contributed by atoms with E-state index >= 15 is 0 Å². The summed E-state index contributed by atoms with van der Waals surface area (Å²) >= 11 is 0. The maximum absolute atomic E-state index is 11.0. The van der Waals surface area contributed by atoms with Gasteiger partial charge >= 0.3 is 0 Å². The molecule has 3 aromatic rings. The molecule has 6 heteroatoms. The molecule has 0 fully saturated rings. The van der Waals surface area contributed by atoms with E-state index in [0.717, 1.165) is 0 Å². The number of pyridine rings is 1. The van der Waals surface area contributed by atoms with Crippen LogP contribution in [0.1, 0.15) is 5.56 Å². The Kier molecular flexibility index (Phi) is 2.86. The van der Waals surface area contributed by atoms with Crippen LogP contribution in [-0.4, -0.2) is 15.1 Å². The number of benzene rings is 1. The van der Waals surface area contributed by atoms with E-state index in [4.69, 9.17) is 9.78 Å². The lowest BCUT2D eigenvalue weighted by atomic mass is 10.1. The van der Waals surface area contributed by atoms with Crippen molar-refractivity contribution >= 4 is 0 Å². The summed E-state index contributed by atoms with van der Waals surface area (Å²) in [6, 6.07) is 12.0. The van der Waals surface area contributed by atoms with E-state index in [2.05, 4.69) is 21.2 Å². The summed E-state index contributed by atoms with van der Waals surface area (Å²) in [7, 11) is 0. The second-order valence-electron chi connectivity index (χ2n) is 4.06. The van der Waals surface area contributed by atoms with Gasteiger partial charge in [-0.2, -0.15) is 10.2 Å². The number of nitriles is 1. The van der Waals surface area contributed by atoms with Crippen LogP contribution in [0.2, 0.25) is 0 Å². The molecule has 0 bridgehead atoms. The Morgan fingerprint density at radius 2 is 2.10 bits per heavy atom. The maximum Gasteiger partial charge on any atom is 0.258 e. The van der Waals surface area contributed by atoms with Crippen molar-refractivity contribution < 1.29 is 4.52 Å². The van der Waals surface area contributed by atoms with E-state index in [-0.39, 0.29) is 5.56 Å². The number of aromatic amines is 1. The van der Waals surface area contributed by atoms with Crippen LogP contribution >= 0.6 is 0 Å². The highest BCUT2D eigenvalue weighted by Gasteiger charge is 2.10. The zero-order valence-corrected chi connectivity index (χ0v) is 10.2. The molecule has 0 atom stereocenters. The van der Waals surface area contributed by atoms with Gasteiger partial charge in [0.1, 0.15) is 0 Å². The number of hydrogen-bond acceptors (Lipinski definition) is 5. The summed E-state index contributed by atoms with van der Waals surface area (Å²) < 4.78 is 5.17. The molecule has 0 unspecified atom stereocenters. The van der Waals surface area contributed by atoms with E-state index in [9.17, 15) is 4.79 Å². The molecule has 0 aliphatic heterocycles. The number of hydrogen-bond donors (Lipinski definition) is 1. The SMILES string of the molecule is N#Cc1cccc(-c2nc(-c3ccc(=O)[nH]c3)no2)c1. The van der Waals surface area contributed by atoms with Crippen molar-refractivity contribution in [2.75, 3.05) is 0 Å². The first-order valence-electron chi connectivity index (χ1n) is 5.79. The summed E-state index contributed by atoms with van der Waals surface area (Å²) in [5.74, 6) is 0.696. The van der Waals surface area contributed by atoms with Crippen molar-refractivity contribution in [2.45, 2.75) is 0 Å². The Hall–Kier alpha value is -3.20. The third kappa shape index (κ3) is 2.20. The first-order valence-corrected chi connectivity index (χ1v) is 5.79.